The van der Waals surface area contributed by atoms with Crippen LogP contribution in [0.25, 0.3) is 16.6 Å². The number of nitrogens with two attached hydrogens (primary N) is 1. The number of hydrogen-bond acceptors (Lipinski definition) is 7. The minimum atomic E-state index is -0.809. The van der Waals surface area contributed by atoms with Gasteiger partial charge in [0.1, 0.15) is 28.6 Å². The number of benzene rings is 1. The van der Waals surface area contributed by atoms with Gasteiger partial charge >= 0.3 is 6.09 Å². The minimum Gasteiger partial charge on any atom is -0.494 e. The summed E-state index contributed by atoms with van der Waals surface area (Å²) in [4.78, 5) is 13.3. The molecule has 3 aromatic heterocycles. The van der Waals surface area contributed by atoms with Crippen LogP contribution in [0.2, 0.25) is 0 Å². The van der Waals surface area contributed by atoms with Crippen molar-refractivity contribution in [3.05, 3.63) is 66.2 Å². The number of piperidine rings is 1. The first-order valence-electron chi connectivity index (χ1n) is 11.3. The van der Waals surface area contributed by atoms with Crippen molar-refractivity contribution >= 4 is 11.6 Å². The van der Waals surface area contributed by atoms with Crippen LogP contribution in [0.1, 0.15) is 30.0 Å². The third-order valence-electron chi connectivity index (χ3n) is 6.33. The van der Waals surface area contributed by atoms with E-state index in [0.29, 0.717) is 28.6 Å². The van der Waals surface area contributed by atoms with Crippen molar-refractivity contribution in [2.75, 3.05) is 20.2 Å². The van der Waals surface area contributed by atoms with Gasteiger partial charge in [-0.15, -0.1) is 0 Å². The minimum absolute atomic E-state index is 0.326. The Morgan fingerprint density at radius 1 is 1.14 bits per heavy atom. The highest BCUT2D eigenvalue weighted by Crippen LogP contribution is 2.31. The Labute approximate surface area is 202 Å². The smallest absolute Gasteiger partial charge is 0.409 e. The summed E-state index contributed by atoms with van der Waals surface area (Å²) < 4.78 is 14.1. The number of carbonyl (C=O) groups is 1. The predicted molar refractivity (Wildman–Crippen MR) is 128 cm³/mol. The third kappa shape index (κ3) is 4.67. The van der Waals surface area contributed by atoms with Crippen LogP contribution in [0.3, 0.4) is 0 Å². The quantitative estimate of drug-likeness (QED) is 0.457. The maximum atomic E-state index is 10.9. The van der Waals surface area contributed by atoms with Crippen molar-refractivity contribution < 1.29 is 14.3 Å². The summed E-state index contributed by atoms with van der Waals surface area (Å²) in [7, 11) is 1.59. The molecule has 0 unspecified atom stereocenters. The summed E-state index contributed by atoms with van der Waals surface area (Å²) in [6.45, 7) is 2.76. The lowest BCUT2D eigenvalue weighted by molar-refractivity contribution is 0.173. The van der Waals surface area contributed by atoms with Gasteiger partial charge < -0.3 is 15.2 Å². The Bertz CT molecular complexity index is 1390. The van der Waals surface area contributed by atoms with Gasteiger partial charge in [0.15, 0.2) is 0 Å². The first kappa shape index (κ1) is 22.4. The second-order valence-corrected chi connectivity index (χ2v) is 8.54. The highest BCUT2D eigenvalue weighted by atomic mass is 16.5. The molecular formula is C25H25N7O3. The first-order valence-corrected chi connectivity index (χ1v) is 11.3. The van der Waals surface area contributed by atoms with E-state index in [4.69, 9.17) is 15.2 Å². The molecule has 1 aliphatic rings. The monoisotopic (exact) mass is 471 g/mol. The Balaban J connectivity index is 1.24. The van der Waals surface area contributed by atoms with Crippen LogP contribution >= 0.6 is 0 Å². The first-order chi connectivity index (χ1) is 17.0. The van der Waals surface area contributed by atoms with Crippen LogP contribution in [0.15, 0.2) is 55.1 Å². The lowest BCUT2D eigenvalue weighted by atomic mass is 10.0. The number of aromatic nitrogens is 4. The predicted octanol–water partition coefficient (Wildman–Crippen LogP) is 3.37. The molecule has 10 heteroatoms. The number of nitrogens with zero attached hydrogens (tertiary/aromatic N) is 6. The molecule has 2 N–H and O–H groups in total. The maximum Gasteiger partial charge on any atom is 0.409 e. The van der Waals surface area contributed by atoms with Gasteiger partial charge in [0.25, 0.3) is 0 Å². The van der Waals surface area contributed by atoms with Gasteiger partial charge in [-0.05, 0) is 36.6 Å². The van der Waals surface area contributed by atoms with Crippen LogP contribution in [0, 0.1) is 11.3 Å². The Morgan fingerprint density at radius 2 is 1.91 bits per heavy atom. The summed E-state index contributed by atoms with van der Waals surface area (Å²) in [6, 6.07) is 11.8. The van der Waals surface area contributed by atoms with Crippen LogP contribution in [-0.2, 0) is 6.54 Å². The number of likely N-dealkylation sites (tertiary alicyclic amines) is 1. The largest absolute Gasteiger partial charge is 0.494 e. The zero-order valence-electron chi connectivity index (χ0n) is 19.3. The fraction of sp³-hybridized carbons (Fsp3) is 0.280. The van der Waals surface area contributed by atoms with E-state index in [9.17, 15) is 10.1 Å². The molecule has 0 bridgehead atoms. The van der Waals surface area contributed by atoms with Crippen molar-refractivity contribution in [2.24, 2.45) is 5.73 Å². The molecule has 0 spiro atoms. The Morgan fingerprint density at radius 3 is 2.60 bits per heavy atom. The second kappa shape index (κ2) is 9.48. The molecule has 1 amide bonds. The van der Waals surface area contributed by atoms with Crippen molar-refractivity contribution in [3.8, 4) is 28.7 Å². The number of amides is 1. The number of fused-ring (bicyclic) bond motifs is 1. The number of methoxy groups -OCH3 is 1. The summed E-state index contributed by atoms with van der Waals surface area (Å²) in [5, 5.41) is 18.3. The number of ether oxygens (including phenoxy) is 2. The molecule has 1 aromatic carbocycles. The van der Waals surface area contributed by atoms with Gasteiger partial charge in [0.2, 0.25) is 0 Å². The van der Waals surface area contributed by atoms with Gasteiger partial charge in [-0.25, -0.2) is 9.31 Å². The van der Waals surface area contributed by atoms with Crippen molar-refractivity contribution in [1.29, 1.82) is 5.26 Å². The summed E-state index contributed by atoms with van der Waals surface area (Å²) >= 11 is 0. The SMILES string of the molecule is COc1cc(-c2cnn(C3CCN(Cc4ccc(OC(N)=O)cc4)CC3)c2)cn2ncc(C#N)c12. The maximum absolute atomic E-state index is 10.9. The number of pyridine rings is 1. The van der Waals surface area contributed by atoms with E-state index in [-0.39, 0.29) is 0 Å². The second-order valence-electron chi connectivity index (χ2n) is 8.54. The highest BCUT2D eigenvalue weighted by molar-refractivity contribution is 5.75. The van der Waals surface area contributed by atoms with Gasteiger partial charge in [-0.1, -0.05) is 12.1 Å². The van der Waals surface area contributed by atoms with E-state index in [1.807, 2.05) is 35.3 Å². The molecule has 1 saturated heterocycles. The number of hydrogen-bond donors (Lipinski definition) is 1. The third-order valence-corrected chi connectivity index (χ3v) is 6.33. The molecule has 4 aromatic rings. The molecule has 1 aliphatic heterocycles. The standard InChI is InChI=1S/C25H25N7O3/c1-34-23-10-18(15-32-24(23)19(11-26)12-29-32)20-13-28-31(16-20)21-6-8-30(9-7-21)14-17-2-4-22(5-3-17)35-25(27)33/h2-5,10,12-13,15-16,21H,6-9,14H2,1H3,(H2,27,33). The molecule has 0 radical (unpaired) electrons. The normalized spacial score (nSPS) is 14.6. The number of rotatable bonds is 6. The van der Waals surface area contributed by atoms with Crippen molar-refractivity contribution in [3.63, 3.8) is 0 Å². The topological polar surface area (TPSA) is 124 Å². The van der Waals surface area contributed by atoms with Crippen molar-refractivity contribution in [2.45, 2.75) is 25.4 Å². The van der Waals surface area contributed by atoms with E-state index < -0.39 is 6.09 Å². The molecule has 0 saturated carbocycles. The van der Waals surface area contributed by atoms with Crippen LogP contribution in [0.5, 0.6) is 11.5 Å². The van der Waals surface area contributed by atoms with E-state index >= 15 is 0 Å². The summed E-state index contributed by atoms with van der Waals surface area (Å²) in [6.07, 6.45) is 8.54. The number of nitriles is 1. The average Bonchev–Trinajstić information content (AvgIpc) is 3.52. The molecular weight excluding hydrogens is 446 g/mol. The zero-order valence-corrected chi connectivity index (χ0v) is 19.3. The molecule has 35 heavy (non-hydrogen) atoms. The molecule has 10 nitrogen and oxygen atoms in total. The number of carbonyl (C=O) groups excluding carboxylic acids is 1. The average molecular weight is 472 g/mol. The Hall–Kier alpha value is -4.36. The van der Waals surface area contributed by atoms with E-state index in [0.717, 1.165) is 49.2 Å². The fourth-order valence-electron chi connectivity index (χ4n) is 4.55. The van der Waals surface area contributed by atoms with Gasteiger partial charge in [-0.2, -0.15) is 15.5 Å². The molecule has 0 aliphatic carbocycles. The summed E-state index contributed by atoms with van der Waals surface area (Å²) in [5.41, 5.74) is 9.24. The molecule has 5 rings (SSSR count). The van der Waals surface area contributed by atoms with E-state index in [2.05, 4.69) is 27.4 Å². The fourth-order valence-corrected chi connectivity index (χ4v) is 4.55. The van der Waals surface area contributed by atoms with E-state index in [1.165, 1.54) is 0 Å². The molecule has 1 fully saturated rings. The highest BCUT2D eigenvalue weighted by Gasteiger charge is 2.22. The Kier molecular flexibility index (Phi) is 6.08. The lowest BCUT2D eigenvalue weighted by Gasteiger charge is -2.32. The van der Waals surface area contributed by atoms with Gasteiger partial charge in [-0.3, -0.25) is 9.58 Å². The van der Waals surface area contributed by atoms with E-state index in [1.54, 1.807) is 30.0 Å². The molecule has 4 heterocycles. The van der Waals surface area contributed by atoms with Crippen LogP contribution < -0.4 is 15.2 Å². The lowest BCUT2D eigenvalue weighted by Crippen LogP contribution is -2.34. The van der Waals surface area contributed by atoms with Gasteiger partial charge in [0, 0.05) is 43.2 Å². The molecule has 0 atom stereocenters. The molecule has 178 valence electrons. The van der Waals surface area contributed by atoms with Crippen LogP contribution in [-0.4, -0.2) is 50.6 Å². The van der Waals surface area contributed by atoms with Crippen LogP contribution in [0.4, 0.5) is 4.79 Å². The van der Waals surface area contributed by atoms with Gasteiger partial charge in [0.05, 0.1) is 25.5 Å². The zero-order chi connectivity index (χ0) is 24.4. The number of primary amides is 1. The summed E-state index contributed by atoms with van der Waals surface area (Å²) in [5.74, 6) is 1.05. The van der Waals surface area contributed by atoms with Crippen molar-refractivity contribution in [1.82, 2.24) is 24.3 Å².